The van der Waals surface area contributed by atoms with Crippen LogP contribution in [0.4, 0.5) is 11.4 Å². The molecule has 2 N–H and O–H groups in total. The van der Waals surface area contributed by atoms with Crippen LogP contribution in [0.15, 0.2) is 105 Å². The standard InChI is InChI=1S/C88H158N10/c1-21-29-31-47-59-77-67-68-78(60-48-39-35-33-37-41-55-69-89-83(91-73(9)85(13,14)23-3)93-75(11)95(19)79-61-49-45-50-62-79)82(81(77)65-53-32-30-22-2)66-54-40-36-34-38-42-56-70-90-88(18,26-6)87(17,25-5)74(10)92-84(94-76(12)96(20)80-63-51-46-52-64-80)97(27-7)71-57-43-44-58-72-98(28-8)86(15,16)24-4/h45-46,49-52,61-64,77-78,81-82,90H,9-10,21-44,47-48,53-60,65-72H2,1-8,11-20H3,(H,89,91). The Morgan fingerprint density at radius 2 is 0.929 bits per heavy atom. The van der Waals surface area contributed by atoms with Crippen LogP contribution >= 0.6 is 0 Å². The summed E-state index contributed by atoms with van der Waals surface area (Å²) >= 11 is 0. The molecule has 0 heterocycles. The molecule has 0 bridgehead atoms. The van der Waals surface area contributed by atoms with Crippen molar-refractivity contribution >= 4 is 35.0 Å². The van der Waals surface area contributed by atoms with Crippen LogP contribution in [0.25, 0.3) is 0 Å². The number of guanidine groups is 2. The van der Waals surface area contributed by atoms with E-state index in [0.29, 0.717) is 5.96 Å². The van der Waals surface area contributed by atoms with Crippen molar-refractivity contribution in [3.63, 3.8) is 0 Å². The number of unbranched alkanes of at least 4 members (excludes halogenated alkanes) is 21. The third kappa shape index (κ3) is 31.1. The van der Waals surface area contributed by atoms with Gasteiger partial charge in [0.25, 0.3) is 0 Å². The van der Waals surface area contributed by atoms with Crippen molar-refractivity contribution in [1.82, 2.24) is 20.4 Å². The Kier molecular flexibility index (Phi) is 44.3. The fourth-order valence-electron chi connectivity index (χ4n) is 15.4. The van der Waals surface area contributed by atoms with Crippen molar-refractivity contribution in [3.05, 3.63) is 85.2 Å². The van der Waals surface area contributed by atoms with Crippen LogP contribution in [-0.4, -0.2) is 97.8 Å². The number of aliphatic imine (C=N–C) groups is 4. The Bertz CT molecular complexity index is 2530. The Morgan fingerprint density at radius 3 is 1.39 bits per heavy atom. The highest BCUT2D eigenvalue weighted by molar-refractivity contribution is 6.04. The van der Waals surface area contributed by atoms with Gasteiger partial charge in [0, 0.05) is 78.4 Å². The minimum absolute atomic E-state index is 0.0431. The van der Waals surface area contributed by atoms with E-state index in [1.165, 1.54) is 206 Å². The number of hydrogen-bond donors (Lipinski definition) is 2. The molecule has 560 valence electrons. The molecular weight excluding hydrogens is 1200 g/mol. The normalized spacial score (nSPS) is 18.0. The van der Waals surface area contributed by atoms with Crippen LogP contribution in [-0.2, 0) is 0 Å². The molecule has 1 aliphatic rings. The first-order chi connectivity index (χ1) is 47.1. The second kappa shape index (κ2) is 49.4. The number of allylic oxidation sites excluding steroid dienone is 1. The van der Waals surface area contributed by atoms with Crippen molar-refractivity contribution < 1.29 is 0 Å². The van der Waals surface area contributed by atoms with Crippen molar-refractivity contribution in [3.8, 4) is 0 Å². The van der Waals surface area contributed by atoms with E-state index in [0.717, 1.165) is 129 Å². The van der Waals surface area contributed by atoms with Gasteiger partial charge in [0.1, 0.15) is 11.7 Å². The van der Waals surface area contributed by atoms with Crippen LogP contribution in [0.1, 0.15) is 342 Å². The first-order valence-corrected chi connectivity index (χ1v) is 41.3. The van der Waals surface area contributed by atoms with Gasteiger partial charge in [0.15, 0.2) is 0 Å². The SMILES string of the molecule is C=C(NC(=NCCCCCCCCCC1CCC(CCCCCC)C(CCCCCC)C1CCCCCCCCCNC(C)(CC)C(C)(CC)C(=C)N=C(N=C(C)N(C)c1ccccc1)N(CC)CCCCCCN(CC)C(C)(C)CC)N=C(C)N(C)c1ccccc1)C(C)(C)CC. The molecule has 0 radical (unpaired) electrons. The fourth-order valence-corrected chi connectivity index (χ4v) is 15.4. The number of anilines is 2. The molecule has 6 unspecified atom stereocenters. The first kappa shape index (κ1) is 87.9. The lowest BCUT2D eigenvalue weighted by atomic mass is 9.61. The van der Waals surface area contributed by atoms with Gasteiger partial charge in [-0.3, -0.25) is 9.89 Å². The average molecular weight is 1360 g/mol. The molecular formula is C88H158N10. The minimum atomic E-state index is -0.263. The minimum Gasteiger partial charge on any atom is -0.341 e. The summed E-state index contributed by atoms with van der Waals surface area (Å²) in [5.74, 6) is 7.07. The molecule has 10 nitrogen and oxygen atoms in total. The summed E-state index contributed by atoms with van der Waals surface area (Å²) in [5, 5.41) is 7.67. The molecule has 1 aliphatic carbocycles. The van der Waals surface area contributed by atoms with E-state index < -0.39 is 0 Å². The molecule has 10 heteroatoms. The van der Waals surface area contributed by atoms with E-state index in [1.54, 1.807) is 0 Å². The highest BCUT2D eigenvalue weighted by atomic mass is 15.3. The largest absolute Gasteiger partial charge is 0.341 e. The lowest BCUT2D eigenvalue weighted by Crippen LogP contribution is -2.55. The van der Waals surface area contributed by atoms with Gasteiger partial charge in [0.2, 0.25) is 11.9 Å². The molecule has 2 aromatic rings. The van der Waals surface area contributed by atoms with Crippen LogP contribution in [0, 0.1) is 34.5 Å². The van der Waals surface area contributed by atoms with Crippen molar-refractivity contribution in [2.24, 2.45) is 54.5 Å². The van der Waals surface area contributed by atoms with Crippen LogP contribution in [0.3, 0.4) is 0 Å². The van der Waals surface area contributed by atoms with Crippen molar-refractivity contribution in [2.45, 2.75) is 353 Å². The summed E-state index contributed by atoms with van der Waals surface area (Å²) in [7, 11) is 4.19. The molecule has 98 heavy (non-hydrogen) atoms. The predicted molar refractivity (Wildman–Crippen MR) is 438 cm³/mol. The number of nitrogens with zero attached hydrogens (tertiary/aromatic N) is 8. The van der Waals surface area contributed by atoms with Gasteiger partial charge in [-0.2, -0.15) is 4.99 Å². The molecule has 1 fully saturated rings. The fraction of sp³-hybridized carbons (Fsp3) is 0.773. The smallest absolute Gasteiger partial charge is 0.227 e. The Morgan fingerprint density at radius 1 is 0.480 bits per heavy atom. The number of para-hydroxylation sites is 2. The third-order valence-electron chi connectivity index (χ3n) is 24.3. The monoisotopic (exact) mass is 1360 g/mol. The van der Waals surface area contributed by atoms with Crippen molar-refractivity contribution in [1.29, 1.82) is 0 Å². The second-order valence-corrected chi connectivity index (χ2v) is 31.7. The zero-order valence-electron chi connectivity index (χ0n) is 67.8. The number of benzene rings is 2. The zero-order valence-corrected chi connectivity index (χ0v) is 67.8. The van der Waals surface area contributed by atoms with Gasteiger partial charge in [-0.1, -0.05) is 273 Å². The van der Waals surface area contributed by atoms with Gasteiger partial charge in [0.05, 0.1) is 0 Å². The predicted octanol–water partition coefficient (Wildman–Crippen LogP) is 24.9. The average Bonchev–Trinajstić information content (AvgIpc) is 0.783. The molecule has 3 rings (SSSR count). The quantitative estimate of drug-likeness (QED) is 0.0390. The van der Waals surface area contributed by atoms with E-state index in [4.69, 9.17) is 26.5 Å². The highest BCUT2D eigenvalue weighted by Gasteiger charge is 2.44. The summed E-state index contributed by atoms with van der Waals surface area (Å²) in [5.41, 5.74) is 3.92. The van der Waals surface area contributed by atoms with Gasteiger partial charge in [-0.05, 0) is 186 Å². The Hall–Kier alpha value is -4.28. The van der Waals surface area contributed by atoms with E-state index in [1.807, 2.05) is 0 Å². The molecule has 0 saturated heterocycles. The molecule has 1 saturated carbocycles. The van der Waals surface area contributed by atoms with Crippen LogP contribution in [0.5, 0.6) is 0 Å². The number of hydrogen-bond acceptors (Lipinski definition) is 4. The summed E-state index contributed by atoms with van der Waals surface area (Å²) in [6.07, 6.45) is 47.6. The maximum atomic E-state index is 5.52. The topological polar surface area (TPSA) is 86.5 Å². The number of nitrogens with one attached hydrogen (secondary N) is 2. The Balaban J connectivity index is 1.60. The highest BCUT2D eigenvalue weighted by Crippen LogP contribution is 2.48. The number of amidine groups is 2. The molecule has 0 spiro atoms. The summed E-state index contributed by atoms with van der Waals surface area (Å²) in [6.45, 7) is 51.9. The molecule has 0 aromatic heterocycles. The van der Waals surface area contributed by atoms with Crippen molar-refractivity contribution in [2.75, 3.05) is 63.2 Å². The second-order valence-electron chi connectivity index (χ2n) is 31.7. The maximum Gasteiger partial charge on any atom is 0.227 e. The maximum absolute atomic E-state index is 5.52. The van der Waals surface area contributed by atoms with E-state index >= 15 is 0 Å². The Labute approximate surface area is 608 Å². The summed E-state index contributed by atoms with van der Waals surface area (Å²) in [6, 6.07) is 21.0. The van der Waals surface area contributed by atoms with Crippen LogP contribution < -0.4 is 20.4 Å². The lowest BCUT2D eigenvalue weighted by Gasteiger charge is -2.47. The van der Waals surface area contributed by atoms with E-state index in [9.17, 15) is 0 Å². The van der Waals surface area contributed by atoms with E-state index in [2.05, 4.69) is 222 Å². The van der Waals surface area contributed by atoms with Gasteiger partial charge >= 0.3 is 0 Å². The zero-order chi connectivity index (χ0) is 72.2. The lowest BCUT2D eigenvalue weighted by molar-refractivity contribution is 0.0581. The summed E-state index contributed by atoms with van der Waals surface area (Å²) in [4.78, 5) is 30.3. The summed E-state index contributed by atoms with van der Waals surface area (Å²) < 4.78 is 0. The first-order valence-electron chi connectivity index (χ1n) is 41.3. The molecule has 6 atom stereocenters. The molecule has 2 aromatic carbocycles. The third-order valence-corrected chi connectivity index (χ3v) is 24.3. The van der Waals surface area contributed by atoms with Gasteiger partial charge < -0.3 is 25.3 Å². The van der Waals surface area contributed by atoms with Gasteiger partial charge in [-0.15, -0.1) is 0 Å². The molecule has 0 amide bonds. The van der Waals surface area contributed by atoms with E-state index in [-0.39, 0.29) is 21.9 Å². The number of rotatable bonds is 52. The van der Waals surface area contributed by atoms with Crippen LogP contribution in [0.2, 0.25) is 0 Å². The van der Waals surface area contributed by atoms with Gasteiger partial charge in [-0.25, -0.2) is 9.98 Å². The molecule has 0 aliphatic heterocycles.